The third-order valence-corrected chi connectivity index (χ3v) is 10.6. The molecule has 7 heteroatoms. The largest absolute Gasteiger partial charge is 0.480 e. The van der Waals surface area contributed by atoms with Crippen LogP contribution in [0.25, 0.3) is 11.1 Å². The van der Waals surface area contributed by atoms with Gasteiger partial charge in [0.25, 0.3) is 5.91 Å². The van der Waals surface area contributed by atoms with E-state index in [2.05, 4.69) is 5.32 Å². The van der Waals surface area contributed by atoms with Gasteiger partial charge in [0.15, 0.2) is 0 Å². The molecule has 0 saturated heterocycles. The number of hydrogen-bond acceptors (Lipinski definition) is 4. The van der Waals surface area contributed by atoms with Crippen molar-refractivity contribution in [1.29, 1.82) is 0 Å². The zero-order valence-corrected chi connectivity index (χ0v) is 24.5. The molecule has 2 N–H and O–H groups in total. The van der Waals surface area contributed by atoms with Crippen molar-refractivity contribution in [3.63, 3.8) is 0 Å². The van der Waals surface area contributed by atoms with Gasteiger partial charge >= 0.3 is 5.97 Å². The zero-order valence-electron chi connectivity index (χ0n) is 22.7. The fourth-order valence-electron chi connectivity index (χ4n) is 4.83. The van der Waals surface area contributed by atoms with E-state index >= 15 is 0 Å². The highest BCUT2D eigenvalue weighted by Gasteiger charge is 2.27. The van der Waals surface area contributed by atoms with Crippen LogP contribution in [0.2, 0.25) is 0 Å². The normalized spacial score (nSPS) is 13.2. The second-order valence-electron chi connectivity index (χ2n) is 9.87. The summed E-state index contributed by atoms with van der Waals surface area (Å²) in [5, 5.41) is 13.2. The van der Waals surface area contributed by atoms with Gasteiger partial charge in [-0.2, -0.15) is 11.8 Å². The van der Waals surface area contributed by atoms with Crippen LogP contribution in [0.3, 0.4) is 0 Å². The van der Waals surface area contributed by atoms with Crippen LogP contribution in [-0.4, -0.2) is 35.0 Å². The highest BCUT2D eigenvalue weighted by atomic mass is 32.2. The fourth-order valence-corrected chi connectivity index (χ4v) is 8.08. The summed E-state index contributed by atoms with van der Waals surface area (Å²) in [5.41, 5.74) is 4.82. The van der Waals surface area contributed by atoms with E-state index in [1.807, 2.05) is 110 Å². The van der Waals surface area contributed by atoms with E-state index in [0.29, 0.717) is 35.6 Å². The Morgan fingerprint density at radius 2 is 1.45 bits per heavy atom. The van der Waals surface area contributed by atoms with Crippen molar-refractivity contribution in [2.75, 3.05) is 12.0 Å². The van der Waals surface area contributed by atoms with Gasteiger partial charge in [-0.05, 0) is 65.3 Å². The Morgan fingerprint density at radius 1 is 0.825 bits per heavy atom. The van der Waals surface area contributed by atoms with Gasteiger partial charge in [-0.15, -0.1) is 0 Å². The predicted octanol–water partition coefficient (Wildman–Crippen LogP) is 6.99. The van der Waals surface area contributed by atoms with Crippen LogP contribution in [0.5, 0.6) is 0 Å². The molecular weight excluding hydrogens is 537 g/mol. The summed E-state index contributed by atoms with van der Waals surface area (Å²) in [6, 6.07) is 31.8. The summed E-state index contributed by atoms with van der Waals surface area (Å²) in [6.07, 6.45) is 3.00. The number of aliphatic carboxylic acids is 1. The third kappa shape index (κ3) is 7.32. The molecule has 0 aliphatic heterocycles. The van der Waals surface area contributed by atoms with Gasteiger partial charge in [-0.3, -0.25) is 4.79 Å². The van der Waals surface area contributed by atoms with Gasteiger partial charge in [0, 0.05) is 23.2 Å². The first kappa shape index (κ1) is 29.4. The second kappa shape index (κ2) is 13.6. The maximum atomic E-state index is 14.7. The summed E-state index contributed by atoms with van der Waals surface area (Å²) in [4.78, 5) is 25.3. The van der Waals surface area contributed by atoms with Crippen LogP contribution in [0.15, 0.2) is 103 Å². The summed E-state index contributed by atoms with van der Waals surface area (Å²) < 4.78 is 14.7. The molecule has 2 unspecified atom stereocenters. The maximum Gasteiger partial charge on any atom is 0.326 e. The second-order valence-corrected chi connectivity index (χ2v) is 13.8. The van der Waals surface area contributed by atoms with Crippen molar-refractivity contribution in [3.8, 4) is 11.1 Å². The van der Waals surface area contributed by atoms with Crippen LogP contribution in [0.1, 0.15) is 33.5 Å². The summed E-state index contributed by atoms with van der Waals surface area (Å²) in [5.74, 6) is -0.869. The molecule has 5 nitrogen and oxygen atoms in total. The molecule has 0 bridgehead atoms. The van der Waals surface area contributed by atoms with Crippen LogP contribution >= 0.6 is 18.9 Å². The molecule has 0 fully saturated rings. The Kier molecular flexibility index (Phi) is 10.0. The molecule has 4 aromatic carbocycles. The first-order valence-corrected chi connectivity index (χ1v) is 16.7. The molecule has 0 aliphatic carbocycles. The lowest BCUT2D eigenvalue weighted by Crippen LogP contribution is -2.41. The summed E-state index contributed by atoms with van der Waals surface area (Å²) in [7, 11) is -2.91. The Bertz CT molecular complexity index is 1510. The maximum absolute atomic E-state index is 14.7. The number of rotatable bonds is 12. The van der Waals surface area contributed by atoms with Gasteiger partial charge < -0.3 is 15.0 Å². The summed E-state index contributed by atoms with van der Waals surface area (Å²) in [6.45, 7) is 1.98. The molecule has 1 amide bonds. The van der Waals surface area contributed by atoms with Crippen LogP contribution in [-0.2, 0) is 21.7 Å². The highest BCUT2D eigenvalue weighted by Crippen LogP contribution is 2.51. The number of benzene rings is 4. The lowest BCUT2D eigenvalue weighted by Gasteiger charge is -2.21. The number of amides is 1. The van der Waals surface area contributed by atoms with Gasteiger partial charge in [-0.1, -0.05) is 91.0 Å². The molecule has 4 rings (SSSR count). The van der Waals surface area contributed by atoms with Crippen molar-refractivity contribution in [2.45, 2.75) is 31.7 Å². The number of carbonyl (C=O) groups excluding carboxylic acids is 1. The molecule has 0 spiro atoms. The molecule has 0 saturated carbocycles. The van der Waals surface area contributed by atoms with E-state index in [0.717, 1.165) is 27.6 Å². The van der Waals surface area contributed by atoms with E-state index < -0.39 is 25.1 Å². The molecule has 2 atom stereocenters. The third-order valence-electron chi connectivity index (χ3n) is 6.92. The van der Waals surface area contributed by atoms with Gasteiger partial charge in [0.1, 0.15) is 13.2 Å². The average molecular weight is 572 g/mol. The SMILES string of the molecule is CSCCC(NC(=O)c1ccc(CP(=O)(Cc2ccccc2)c2ccccc2)cc1-c1ccccc1C)C(=O)O. The average Bonchev–Trinajstić information content (AvgIpc) is 2.96. The van der Waals surface area contributed by atoms with Gasteiger partial charge in [0.05, 0.1) is 0 Å². The van der Waals surface area contributed by atoms with Crippen molar-refractivity contribution < 1.29 is 19.3 Å². The van der Waals surface area contributed by atoms with E-state index in [1.54, 1.807) is 6.07 Å². The van der Waals surface area contributed by atoms with E-state index in [-0.39, 0.29) is 0 Å². The Morgan fingerprint density at radius 3 is 2.10 bits per heavy atom. The monoisotopic (exact) mass is 571 g/mol. The van der Waals surface area contributed by atoms with Gasteiger partial charge in [0.2, 0.25) is 0 Å². The minimum absolute atomic E-state index is 0.332. The molecule has 0 aliphatic rings. The van der Waals surface area contributed by atoms with Crippen molar-refractivity contribution in [2.24, 2.45) is 0 Å². The molecule has 0 aromatic heterocycles. The topological polar surface area (TPSA) is 83.5 Å². The number of hydrogen-bond donors (Lipinski definition) is 2. The lowest BCUT2D eigenvalue weighted by atomic mass is 9.94. The molecule has 4 aromatic rings. The number of thioether (sulfide) groups is 1. The first-order valence-electron chi connectivity index (χ1n) is 13.2. The molecule has 0 heterocycles. The highest BCUT2D eigenvalue weighted by molar-refractivity contribution is 7.98. The van der Waals surface area contributed by atoms with E-state index in [9.17, 15) is 19.3 Å². The molecule has 40 heavy (non-hydrogen) atoms. The molecule has 0 radical (unpaired) electrons. The van der Waals surface area contributed by atoms with Crippen LogP contribution < -0.4 is 10.6 Å². The Balaban J connectivity index is 1.75. The van der Waals surface area contributed by atoms with Crippen molar-refractivity contribution >= 4 is 36.1 Å². The lowest BCUT2D eigenvalue weighted by molar-refractivity contribution is -0.139. The predicted molar refractivity (Wildman–Crippen MR) is 166 cm³/mol. The first-order chi connectivity index (χ1) is 19.3. The van der Waals surface area contributed by atoms with Crippen molar-refractivity contribution in [3.05, 3.63) is 125 Å². The number of carboxylic acids is 1. The Labute approximate surface area is 240 Å². The molecular formula is C33H34NO4PS. The number of carbonyl (C=O) groups is 2. The van der Waals surface area contributed by atoms with E-state index in [1.165, 1.54) is 11.8 Å². The Hall–Kier alpha value is -3.60. The smallest absolute Gasteiger partial charge is 0.326 e. The van der Waals surface area contributed by atoms with Gasteiger partial charge in [-0.25, -0.2) is 4.79 Å². The number of nitrogens with one attached hydrogen (secondary N) is 1. The van der Waals surface area contributed by atoms with Crippen LogP contribution in [0, 0.1) is 6.92 Å². The quantitative estimate of drug-likeness (QED) is 0.179. The van der Waals surface area contributed by atoms with Crippen LogP contribution in [0.4, 0.5) is 0 Å². The fraction of sp³-hybridized carbons (Fsp3) is 0.212. The summed E-state index contributed by atoms with van der Waals surface area (Å²) >= 11 is 1.54. The molecule has 206 valence electrons. The zero-order chi connectivity index (χ0) is 28.5. The van der Waals surface area contributed by atoms with E-state index in [4.69, 9.17) is 0 Å². The number of carboxylic acid groups (broad SMARTS) is 1. The standard InChI is InChI=1S/C33H34NO4PS/c1-24-11-9-10-16-28(24)30-21-26(17-18-29(30)32(35)34-31(33(36)37)19-20-40-2)23-39(38,27-14-7-4-8-15-27)22-25-12-5-3-6-13-25/h3-18,21,31H,19-20,22-23H2,1-2H3,(H,34,35)(H,36,37). The number of aryl methyl sites for hydroxylation is 1. The minimum atomic E-state index is -2.91. The minimum Gasteiger partial charge on any atom is -0.480 e. The van der Waals surface area contributed by atoms with Crippen molar-refractivity contribution in [1.82, 2.24) is 5.32 Å².